The molecule has 1 aliphatic carbocycles. The summed E-state index contributed by atoms with van der Waals surface area (Å²) in [6, 6.07) is 10.4. The highest BCUT2D eigenvalue weighted by Crippen LogP contribution is 2.48. The van der Waals surface area contributed by atoms with Crippen molar-refractivity contribution in [1.82, 2.24) is 0 Å². The first kappa shape index (κ1) is 26.9. The Morgan fingerprint density at radius 1 is 0.969 bits per heavy atom. The lowest BCUT2D eigenvalue weighted by Gasteiger charge is -2.44. The number of hydrogen-bond donors (Lipinski definition) is 0. The van der Waals surface area contributed by atoms with Crippen LogP contribution >= 0.6 is 0 Å². The minimum atomic E-state index is -0.584. The molecule has 2 atom stereocenters. The predicted octanol–water partition coefficient (Wildman–Crippen LogP) is 7.96. The Morgan fingerprint density at radius 3 is 2.09 bits per heavy atom. The molecule has 1 aromatic carbocycles. The van der Waals surface area contributed by atoms with Crippen molar-refractivity contribution < 1.29 is 14.3 Å². The molecule has 3 heteroatoms. The molecule has 1 aliphatic rings. The minimum Gasteiger partial charge on any atom is -0.435 e. The maximum Gasteiger partial charge on any atom is 0.314 e. The van der Waals surface area contributed by atoms with Gasteiger partial charge in [0.25, 0.3) is 0 Å². The van der Waals surface area contributed by atoms with Crippen LogP contribution in [0.25, 0.3) is 0 Å². The zero-order chi connectivity index (χ0) is 24.0. The Hall–Kier alpha value is -1.35. The van der Waals surface area contributed by atoms with E-state index >= 15 is 0 Å². The monoisotopic (exact) mass is 444 g/mol. The van der Waals surface area contributed by atoms with E-state index in [2.05, 4.69) is 79.7 Å². The fourth-order valence-electron chi connectivity index (χ4n) is 5.05. The molecule has 0 N–H and O–H groups in total. The summed E-state index contributed by atoms with van der Waals surface area (Å²) in [7, 11) is 0. The quantitative estimate of drug-likeness (QED) is 0.286. The standard InChI is InChI=1S/C29H48O3/c1-26(2,3)22-29(8,27(4,5)6)25(30)32-24(21-28(7)18-13-10-14-19-28)31-20-17-23-15-11-9-12-16-23/h9,11-12,15-16,24H,10,13-14,17-22H2,1-8H3. The third kappa shape index (κ3) is 7.90. The van der Waals surface area contributed by atoms with Gasteiger partial charge in [0.05, 0.1) is 12.0 Å². The summed E-state index contributed by atoms with van der Waals surface area (Å²) in [4.78, 5) is 13.7. The SMILES string of the molecule is CC(C)(C)CC(C)(C(=O)OC(CC1(C)CCCCC1)OCCc1ccccc1)C(C)(C)C. The molecule has 0 saturated heterocycles. The second-order valence-corrected chi connectivity index (χ2v) is 12.8. The van der Waals surface area contributed by atoms with E-state index in [9.17, 15) is 4.79 Å². The van der Waals surface area contributed by atoms with Gasteiger partial charge in [-0.3, -0.25) is 4.79 Å². The average Bonchev–Trinajstić information content (AvgIpc) is 2.66. The molecule has 0 spiro atoms. The van der Waals surface area contributed by atoms with Gasteiger partial charge in [0.2, 0.25) is 6.29 Å². The Bertz CT molecular complexity index is 704. The van der Waals surface area contributed by atoms with Crippen molar-refractivity contribution in [1.29, 1.82) is 0 Å². The van der Waals surface area contributed by atoms with Crippen LogP contribution in [0, 0.1) is 21.7 Å². The maximum atomic E-state index is 13.7. The largest absolute Gasteiger partial charge is 0.435 e. The number of carbonyl (C=O) groups is 1. The highest BCUT2D eigenvalue weighted by atomic mass is 16.7. The van der Waals surface area contributed by atoms with E-state index in [4.69, 9.17) is 9.47 Å². The zero-order valence-corrected chi connectivity index (χ0v) is 22.1. The lowest BCUT2D eigenvalue weighted by atomic mass is 9.61. The van der Waals surface area contributed by atoms with Gasteiger partial charge in [-0.15, -0.1) is 0 Å². The van der Waals surface area contributed by atoms with Gasteiger partial charge in [0.1, 0.15) is 0 Å². The van der Waals surface area contributed by atoms with E-state index in [1.807, 2.05) is 6.07 Å². The summed E-state index contributed by atoms with van der Waals surface area (Å²) >= 11 is 0. The van der Waals surface area contributed by atoms with Crippen LogP contribution in [0.1, 0.15) is 106 Å². The predicted molar refractivity (Wildman–Crippen MR) is 133 cm³/mol. The average molecular weight is 445 g/mol. The summed E-state index contributed by atoms with van der Waals surface area (Å²) in [6.45, 7) is 18.0. The Balaban J connectivity index is 2.16. The van der Waals surface area contributed by atoms with Crippen molar-refractivity contribution in [3.8, 4) is 0 Å². The second-order valence-electron chi connectivity index (χ2n) is 12.8. The summed E-state index contributed by atoms with van der Waals surface area (Å²) < 4.78 is 12.5. The molecule has 0 aromatic heterocycles. The zero-order valence-electron chi connectivity index (χ0n) is 22.1. The van der Waals surface area contributed by atoms with E-state index < -0.39 is 11.7 Å². The number of rotatable bonds is 9. The van der Waals surface area contributed by atoms with Gasteiger partial charge in [-0.1, -0.05) is 98.1 Å². The van der Waals surface area contributed by atoms with Crippen molar-refractivity contribution in [2.45, 2.75) is 113 Å². The second kappa shape index (κ2) is 10.7. The molecule has 182 valence electrons. The third-order valence-corrected chi connectivity index (χ3v) is 7.49. The lowest BCUT2D eigenvalue weighted by Crippen LogP contribution is -2.46. The molecule has 0 bridgehead atoms. The molecule has 0 aliphatic heterocycles. The van der Waals surface area contributed by atoms with Crippen LogP contribution in [0.3, 0.4) is 0 Å². The fraction of sp³-hybridized carbons (Fsp3) is 0.759. The first-order valence-electron chi connectivity index (χ1n) is 12.6. The van der Waals surface area contributed by atoms with Crippen molar-refractivity contribution >= 4 is 5.97 Å². The Kier molecular flexibility index (Phi) is 9.01. The summed E-state index contributed by atoms with van der Waals surface area (Å²) in [6.07, 6.45) is 8.07. The van der Waals surface area contributed by atoms with Gasteiger partial charge in [0.15, 0.2) is 0 Å². The molecular weight excluding hydrogens is 396 g/mol. The minimum absolute atomic E-state index is 0.0278. The van der Waals surface area contributed by atoms with Gasteiger partial charge in [-0.2, -0.15) is 0 Å². The van der Waals surface area contributed by atoms with Gasteiger partial charge in [-0.25, -0.2) is 0 Å². The van der Waals surface area contributed by atoms with Gasteiger partial charge in [-0.05, 0) is 54.4 Å². The highest BCUT2D eigenvalue weighted by molar-refractivity contribution is 5.77. The van der Waals surface area contributed by atoms with Crippen LogP contribution in [-0.2, 0) is 20.7 Å². The van der Waals surface area contributed by atoms with E-state index in [1.54, 1.807) is 0 Å². The number of hydrogen-bond acceptors (Lipinski definition) is 3. The number of benzene rings is 1. The van der Waals surface area contributed by atoms with Crippen LogP contribution in [0.5, 0.6) is 0 Å². The summed E-state index contributed by atoms with van der Waals surface area (Å²) in [5.41, 5.74) is 0.659. The maximum absolute atomic E-state index is 13.7. The molecule has 3 nitrogen and oxygen atoms in total. The van der Waals surface area contributed by atoms with E-state index in [-0.39, 0.29) is 22.2 Å². The Morgan fingerprint density at radius 2 is 1.56 bits per heavy atom. The topological polar surface area (TPSA) is 35.5 Å². The third-order valence-electron chi connectivity index (χ3n) is 7.49. The van der Waals surface area contributed by atoms with Crippen molar-refractivity contribution in [3.05, 3.63) is 35.9 Å². The van der Waals surface area contributed by atoms with Gasteiger partial charge in [0, 0.05) is 6.42 Å². The van der Waals surface area contributed by atoms with Gasteiger partial charge < -0.3 is 9.47 Å². The normalized spacial score (nSPS) is 19.8. The smallest absolute Gasteiger partial charge is 0.314 e. The molecule has 1 saturated carbocycles. The molecule has 1 fully saturated rings. The number of ether oxygens (including phenoxy) is 2. The number of carbonyl (C=O) groups excluding carboxylic acids is 1. The first-order valence-corrected chi connectivity index (χ1v) is 12.6. The molecule has 1 aromatic rings. The molecular formula is C29H48O3. The molecule has 0 heterocycles. The van der Waals surface area contributed by atoms with Gasteiger partial charge >= 0.3 is 5.97 Å². The van der Waals surface area contributed by atoms with Crippen LogP contribution in [-0.4, -0.2) is 18.9 Å². The lowest BCUT2D eigenvalue weighted by molar-refractivity contribution is -0.204. The number of esters is 1. The molecule has 32 heavy (non-hydrogen) atoms. The van der Waals surface area contributed by atoms with Crippen molar-refractivity contribution in [2.75, 3.05) is 6.61 Å². The summed E-state index contributed by atoms with van der Waals surface area (Å²) in [5, 5.41) is 0. The van der Waals surface area contributed by atoms with Crippen LogP contribution < -0.4 is 0 Å². The van der Waals surface area contributed by atoms with E-state index in [0.29, 0.717) is 6.61 Å². The van der Waals surface area contributed by atoms with Crippen LogP contribution in [0.2, 0.25) is 0 Å². The first-order chi connectivity index (χ1) is 14.7. The van der Waals surface area contributed by atoms with Crippen molar-refractivity contribution in [3.63, 3.8) is 0 Å². The van der Waals surface area contributed by atoms with Crippen LogP contribution in [0.15, 0.2) is 30.3 Å². The highest BCUT2D eigenvalue weighted by Gasteiger charge is 2.48. The van der Waals surface area contributed by atoms with Crippen molar-refractivity contribution in [2.24, 2.45) is 21.7 Å². The van der Waals surface area contributed by atoms with E-state index in [0.717, 1.165) is 19.3 Å². The Labute approximate surface area is 197 Å². The van der Waals surface area contributed by atoms with Crippen LogP contribution in [0.4, 0.5) is 0 Å². The molecule has 0 radical (unpaired) electrons. The fourth-order valence-corrected chi connectivity index (χ4v) is 5.05. The summed E-state index contributed by atoms with van der Waals surface area (Å²) in [5.74, 6) is -0.121. The molecule has 2 rings (SSSR count). The van der Waals surface area contributed by atoms with E-state index in [1.165, 1.54) is 37.7 Å². The molecule has 0 amide bonds. The molecule has 2 unspecified atom stereocenters.